The molecule has 7 rings (SSSR count). The summed E-state index contributed by atoms with van der Waals surface area (Å²) in [5.74, 6) is 0.725. The van der Waals surface area contributed by atoms with Crippen molar-refractivity contribution in [2.75, 3.05) is 13.2 Å². The second-order valence-corrected chi connectivity index (χ2v) is 21.1. The average molecular weight is 801 g/mol. The molecule has 3 heterocycles. The van der Waals surface area contributed by atoms with Crippen LogP contribution in [0.25, 0.3) is 0 Å². The predicted molar refractivity (Wildman–Crippen MR) is 200 cm³/mol. The van der Waals surface area contributed by atoms with Crippen LogP contribution in [0.2, 0.25) is 0 Å². The van der Waals surface area contributed by atoms with Gasteiger partial charge in [0.05, 0.1) is 42.7 Å². The average Bonchev–Trinajstić information content (AvgIpc) is 3.73. The van der Waals surface area contributed by atoms with Gasteiger partial charge in [-0.05, 0) is 124 Å². The molecular formula is C42H72O14. The molecule has 0 aromatic rings. The van der Waals surface area contributed by atoms with Crippen LogP contribution < -0.4 is 0 Å². The van der Waals surface area contributed by atoms with Gasteiger partial charge in [-0.1, -0.05) is 34.6 Å². The van der Waals surface area contributed by atoms with Gasteiger partial charge in [0.15, 0.2) is 12.6 Å². The molecule has 9 N–H and O–H groups in total. The van der Waals surface area contributed by atoms with Gasteiger partial charge in [0.2, 0.25) is 0 Å². The summed E-state index contributed by atoms with van der Waals surface area (Å²) in [4.78, 5) is 0. The van der Waals surface area contributed by atoms with Crippen LogP contribution in [0.5, 0.6) is 0 Å². The van der Waals surface area contributed by atoms with Crippen molar-refractivity contribution < 1.29 is 69.6 Å². The highest BCUT2D eigenvalue weighted by atomic mass is 16.8. The Morgan fingerprint density at radius 2 is 1.25 bits per heavy atom. The highest BCUT2D eigenvalue weighted by Gasteiger charge is 2.72. The van der Waals surface area contributed by atoms with Crippen molar-refractivity contribution in [3.63, 3.8) is 0 Å². The molecule has 21 atom stereocenters. The van der Waals surface area contributed by atoms with E-state index in [1.807, 2.05) is 13.8 Å². The molecule has 4 saturated carbocycles. The van der Waals surface area contributed by atoms with Crippen molar-refractivity contribution in [2.24, 2.45) is 45.3 Å². The Bertz CT molecular complexity index is 1410. The fourth-order valence-electron chi connectivity index (χ4n) is 14.1. The summed E-state index contributed by atoms with van der Waals surface area (Å²) in [6.45, 7) is 16.3. The first kappa shape index (κ1) is 43.5. The Kier molecular flexibility index (Phi) is 11.5. The summed E-state index contributed by atoms with van der Waals surface area (Å²) in [6, 6.07) is 0. The van der Waals surface area contributed by atoms with Crippen molar-refractivity contribution in [1.29, 1.82) is 0 Å². The van der Waals surface area contributed by atoms with E-state index >= 15 is 0 Å². The van der Waals surface area contributed by atoms with Crippen LogP contribution in [0.4, 0.5) is 0 Å². The first-order valence-electron chi connectivity index (χ1n) is 21.3. The van der Waals surface area contributed by atoms with E-state index in [0.717, 1.165) is 44.9 Å². The van der Waals surface area contributed by atoms with E-state index in [4.69, 9.17) is 23.7 Å². The number of hydrogen-bond acceptors (Lipinski definition) is 14. The van der Waals surface area contributed by atoms with Gasteiger partial charge in [0.25, 0.3) is 0 Å². The van der Waals surface area contributed by atoms with Gasteiger partial charge in [-0.2, -0.15) is 0 Å². The molecule has 7 fully saturated rings. The normalized spacial score (nSPS) is 56.0. The van der Waals surface area contributed by atoms with Crippen LogP contribution in [0, 0.1) is 45.3 Å². The standard InChI is InChI=1S/C42H72O14/c1-37(2)24-10-15-40(6)25(17-21(45)28-20(9-14-41(28,40)7)42(8)16-12-27(56-42)38(3,4)51)39(24,5)13-11-26(37)54-36-34(32(49)30(47)23(19-44)53-36)55-35-33(50)31(48)29(46)22(18-43)52-35/h20-36,43-51H,9-19H2,1-8H3/t20-,21+,22+,23+,24-,25+,26-,27+,28-,29+,30+,31-,32-,33+,34+,35-,36-,39-,40+,41+,42+/m0/s1. The van der Waals surface area contributed by atoms with E-state index < -0.39 is 103 Å². The zero-order valence-corrected chi connectivity index (χ0v) is 34.7. The molecule has 14 nitrogen and oxygen atoms in total. The number of fused-ring (bicyclic) bond motifs is 5. The lowest BCUT2D eigenvalue weighted by Crippen LogP contribution is -2.68. The molecule has 4 aliphatic carbocycles. The molecule has 324 valence electrons. The SMILES string of the molecule is CC(C)(O)[C@H]1CC[C@](C)([C@H]2CC[C@]3(C)[C@@H]2[C@H](O)C[C@@H]2[C@@]4(C)CC[C@H](O[C@@H]5O[C@H](CO)[C@@H](O)[C@H](O)[C@H]5O[C@@H]5O[C@H](CO)[C@@H](O)[C@H](O)[C@H]5O)C(C)(C)[C@@H]4CC[C@]23C)O1. The van der Waals surface area contributed by atoms with Crippen LogP contribution in [0.15, 0.2) is 0 Å². The van der Waals surface area contributed by atoms with Crippen molar-refractivity contribution >= 4 is 0 Å². The number of ether oxygens (including phenoxy) is 5. The first-order chi connectivity index (χ1) is 26.0. The minimum Gasteiger partial charge on any atom is -0.394 e. The number of rotatable bonds is 8. The highest BCUT2D eigenvalue weighted by Crippen LogP contribution is 2.76. The van der Waals surface area contributed by atoms with Crippen LogP contribution >= 0.6 is 0 Å². The van der Waals surface area contributed by atoms with Crippen molar-refractivity contribution in [3.8, 4) is 0 Å². The molecule has 0 unspecified atom stereocenters. The van der Waals surface area contributed by atoms with E-state index in [-0.39, 0.29) is 46.0 Å². The Balaban J connectivity index is 1.11. The molecule has 0 spiro atoms. The highest BCUT2D eigenvalue weighted by molar-refractivity contribution is 5.20. The van der Waals surface area contributed by atoms with Crippen LogP contribution in [-0.2, 0) is 23.7 Å². The van der Waals surface area contributed by atoms with E-state index in [1.54, 1.807) is 0 Å². The third-order valence-electron chi connectivity index (χ3n) is 17.5. The van der Waals surface area contributed by atoms with Gasteiger partial charge in [-0.3, -0.25) is 0 Å². The number of aliphatic hydroxyl groups excluding tert-OH is 8. The molecule has 3 saturated heterocycles. The summed E-state index contributed by atoms with van der Waals surface area (Å²) in [7, 11) is 0. The van der Waals surface area contributed by atoms with Crippen LogP contribution in [0.1, 0.15) is 113 Å². The molecular weight excluding hydrogens is 728 g/mol. The molecule has 56 heavy (non-hydrogen) atoms. The molecule has 0 radical (unpaired) electrons. The molecule has 14 heteroatoms. The predicted octanol–water partition coefficient (Wildman–Crippen LogP) is 1.36. The van der Waals surface area contributed by atoms with Gasteiger partial charge in [0, 0.05) is 0 Å². The van der Waals surface area contributed by atoms with E-state index in [9.17, 15) is 46.0 Å². The summed E-state index contributed by atoms with van der Waals surface area (Å²) < 4.78 is 31.1. The number of aliphatic hydroxyl groups is 9. The maximum Gasteiger partial charge on any atom is 0.187 e. The van der Waals surface area contributed by atoms with Crippen LogP contribution in [-0.4, -0.2) is 150 Å². The second kappa shape index (κ2) is 14.8. The first-order valence-corrected chi connectivity index (χ1v) is 21.3. The second-order valence-electron chi connectivity index (χ2n) is 21.1. The summed E-state index contributed by atoms with van der Waals surface area (Å²) in [5, 5.41) is 96.5. The lowest BCUT2D eigenvalue weighted by Gasteiger charge is -2.70. The number of hydrogen-bond donors (Lipinski definition) is 9. The fraction of sp³-hybridized carbons (Fsp3) is 1.00. The minimum atomic E-state index is -1.75. The third kappa shape index (κ3) is 6.58. The topological polar surface area (TPSA) is 228 Å². The third-order valence-corrected chi connectivity index (χ3v) is 17.5. The Labute approximate surface area is 331 Å². The van der Waals surface area contributed by atoms with Crippen LogP contribution in [0.3, 0.4) is 0 Å². The zero-order valence-electron chi connectivity index (χ0n) is 34.7. The van der Waals surface area contributed by atoms with E-state index in [1.165, 1.54) is 0 Å². The summed E-state index contributed by atoms with van der Waals surface area (Å²) in [6.07, 6.45) is -8.45. The zero-order chi connectivity index (χ0) is 41.1. The minimum absolute atomic E-state index is 0.0311. The lowest BCUT2D eigenvalue weighted by atomic mass is 9.35. The Morgan fingerprint density at radius 1 is 0.643 bits per heavy atom. The maximum atomic E-state index is 12.3. The molecule has 0 bridgehead atoms. The van der Waals surface area contributed by atoms with E-state index in [0.29, 0.717) is 12.8 Å². The van der Waals surface area contributed by atoms with Crippen molar-refractivity contribution in [2.45, 2.75) is 204 Å². The van der Waals surface area contributed by atoms with Gasteiger partial charge in [-0.25, -0.2) is 0 Å². The monoisotopic (exact) mass is 800 g/mol. The maximum absolute atomic E-state index is 12.3. The summed E-state index contributed by atoms with van der Waals surface area (Å²) >= 11 is 0. The Hall–Kier alpha value is -0.560. The molecule has 0 aromatic carbocycles. The molecule has 7 aliphatic rings. The largest absolute Gasteiger partial charge is 0.394 e. The molecule has 0 aromatic heterocycles. The fourth-order valence-corrected chi connectivity index (χ4v) is 14.1. The van der Waals surface area contributed by atoms with Gasteiger partial charge in [0.1, 0.15) is 48.8 Å². The lowest BCUT2D eigenvalue weighted by molar-refractivity contribution is -0.378. The smallest absolute Gasteiger partial charge is 0.187 e. The van der Waals surface area contributed by atoms with Gasteiger partial charge in [-0.15, -0.1) is 0 Å². The Morgan fingerprint density at radius 3 is 1.86 bits per heavy atom. The molecule has 3 aliphatic heterocycles. The van der Waals surface area contributed by atoms with Crippen molar-refractivity contribution in [1.82, 2.24) is 0 Å². The summed E-state index contributed by atoms with van der Waals surface area (Å²) in [5.41, 5.74) is -2.03. The van der Waals surface area contributed by atoms with Gasteiger partial charge < -0.3 is 69.6 Å². The van der Waals surface area contributed by atoms with Gasteiger partial charge >= 0.3 is 0 Å². The van der Waals surface area contributed by atoms with Crippen molar-refractivity contribution in [3.05, 3.63) is 0 Å². The quantitative estimate of drug-likeness (QED) is 0.158. The van der Waals surface area contributed by atoms with E-state index in [2.05, 4.69) is 41.5 Å². The molecule has 0 amide bonds.